The lowest BCUT2D eigenvalue weighted by molar-refractivity contribution is 0.270. The van der Waals surface area contributed by atoms with Crippen molar-refractivity contribution in [3.63, 3.8) is 0 Å². The van der Waals surface area contributed by atoms with Crippen molar-refractivity contribution in [3.8, 4) is 5.88 Å². The maximum absolute atomic E-state index is 9.64. The molecule has 3 rings (SSSR count). The van der Waals surface area contributed by atoms with Crippen LogP contribution in [0.1, 0.15) is 12.6 Å². The highest BCUT2D eigenvalue weighted by atomic mass is 16.5. The van der Waals surface area contributed by atoms with Gasteiger partial charge >= 0.3 is 0 Å². The van der Waals surface area contributed by atoms with Crippen LogP contribution < -0.4 is 4.74 Å². The Labute approximate surface area is 110 Å². The number of aliphatic hydroxyl groups excluding tert-OH is 1. The molecular weight excluding hydrogens is 242 g/mol. The molecule has 3 aromatic rings. The largest absolute Gasteiger partial charge is 0.479 e. The van der Waals surface area contributed by atoms with Crippen molar-refractivity contribution >= 4 is 21.8 Å². The van der Waals surface area contributed by atoms with Gasteiger partial charge in [0.15, 0.2) is 5.52 Å². The lowest BCUT2D eigenvalue weighted by atomic mass is 10.1. The zero-order valence-corrected chi connectivity index (χ0v) is 10.9. The third-order valence-electron chi connectivity index (χ3n) is 3.30. The van der Waals surface area contributed by atoms with Gasteiger partial charge in [-0.2, -0.15) is 5.10 Å². The van der Waals surface area contributed by atoms with Crippen molar-refractivity contribution in [1.29, 1.82) is 0 Å². The average molecular weight is 257 g/mol. The zero-order chi connectivity index (χ0) is 13.4. The first-order valence-electron chi connectivity index (χ1n) is 6.23. The Kier molecular flexibility index (Phi) is 2.83. The molecule has 1 N–H and O–H groups in total. The summed E-state index contributed by atoms with van der Waals surface area (Å²) in [6, 6.07) is 7.82. The second-order valence-corrected chi connectivity index (χ2v) is 4.28. The van der Waals surface area contributed by atoms with Gasteiger partial charge in [-0.05, 0) is 13.0 Å². The molecule has 19 heavy (non-hydrogen) atoms. The molecule has 5 nitrogen and oxygen atoms in total. The maximum atomic E-state index is 9.64. The quantitative estimate of drug-likeness (QED) is 0.780. The van der Waals surface area contributed by atoms with E-state index in [0.717, 1.165) is 22.0 Å². The zero-order valence-electron chi connectivity index (χ0n) is 10.9. The lowest BCUT2D eigenvalue weighted by Crippen LogP contribution is -2.02. The van der Waals surface area contributed by atoms with E-state index in [2.05, 4.69) is 10.1 Å². The van der Waals surface area contributed by atoms with E-state index in [-0.39, 0.29) is 6.61 Å². The first kappa shape index (κ1) is 11.9. The van der Waals surface area contributed by atoms with Crippen LogP contribution in [0.4, 0.5) is 0 Å². The van der Waals surface area contributed by atoms with Crippen LogP contribution in [0.15, 0.2) is 24.3 Å². The Morgan fingerprint density at radius 3 is 2.79 bits per heavy atom. The Balaban J connectivity index is 2.54. The maximum Gasteiger partial charge on any atom is 0.242 e. The summed E-state index contributed by atoms with van der Waals surface area (Å²) < 4.78 is 7.12. The van der Waals surface area contributed by atoms with Crippen LogP contribution in [0, 0.1) is 0 Å². The van der Waals surface area contributed by atoms with Crippen molar-refractivity contribution < 1.29 is 9.84 Å². The summed E-state index contributed by atoms with van der Waals surface area (Å²) in [5.74, 6) is 0.496. The van der Waals surface area contributed by atoms with Crippen molar-refractivity contribution in [2.45, 2.75) is 20.1 Å². The standard InChI is InChI=1S/C14H15N3O2/c1-3-17-11(8-18)12-9-6-4-5-7-10(9)15-14(19-2)13(12)16-17/h4-7,18H,3,8H2,1-2H3. The van der Waals surface area contributed by atoms with Crippen LogP contribution in [0.25, 0.3) is 21.8 Å². The number of aryl methyl sites for hydroxylation is 1. The average Bonchev–Trinajstić information content (AvgIpc) is 2.85. The van der Waals surface area contributed by atoms with Crippen molar-refractivity contribution in [1.82, 2.24) is 14.8 Å². The molecule has 0 radical (unpaired) electrons. The number of hydrogen-bond acceptors (Lipinski definition) is 4. The minimum atomic E-state index is -0.0541. The van der Waals surface area contributed by atoms with Crippen LogP contribution in [0.2, 0.25) is 0 Å². The molecule has 5 heteroatoms. The predicted octanol–water partition coefficient (Wildman–Crippen LogP) is 2.11. The fourth-order valence-corrected chi connectivity index (χ4v) is 2.44. The van der Waals surface area contributed by atoms with Gasteiger partial charge in [-0.3, -0.25) is 4.68 Å². The first-order valence-corrected chi connectivity index (χ1v) is 6.23. The Morgan fingerprint density at radius 1 is 1.32 bits per heavy atom. The lowest BCUT2D eigenvalue weighted by Gasteiger charge is -2.04. The SMILES string of the molecule is CCn1nc2c(OC)nc3ccccc3c2c1CO. The van der Waals surface area contributed by atoms with Gasteiger partial charge in [0.2, 0.25) is 5.88 Å². The molecule has 0 atom stereocenters. The van der Waals surface area contributed by atoms with Crippen molar-refractivity contribution in [2.24, 2.45) is 0 Å². The van der Waals surface area contributed by atoms with E-state index in [9.17, 15) is 5.11 Å². The Hall–Kier alpha value is -2.14. The number of methoxy groups -OCH3 is 1. The van der Waals surface area contributed by atoms with E-state index in [0.29, 0.717) is 17.9 Å². The number of pyridine rings is 1. The van der Waals surface area contributed by atoms with Crippen LogP contribution >= 0.6 is 0 Å². The van der Waals surface area contributed by atoms with Gasteiger partial charge in [0.25, 0.3) is 0 Å². The number of rotatable bonds is 3. The predicted molar refractivity (Wildman–Crippen MR) is 73.2 cm³/mol. The molecule has 0 aliphatic rings. The second kappa shape index (κ2) is 4.51. The molecule has 0 saturated carbocycles. The summed E-state index contributed by atoms with van der Waals surface area (Å²) in [7, 11) is 1.58. The smallest absolute Gasteiger partial charge is 0.242 e. The normalized spacial score (nSPS) is 11.3. The van der Waals surface area contributed by atoms with Crippen molar-refractivity contribution in [2.75, 3.05) is 7.11 Å². The molecule has 0 unspecified atom stereocenters. The highest BCUT2D eigenvalue weighted by molar-refractivity contribution is 6.07. The molecule has 2 aromatic heterocycles. The molecule has 0 saturated heterocycles. The van der Waals surface area contributed by atoms with E-state index in [1.807, 2.05) is 31.2 Å². The first-order chi connectivity index (χ1) is 9.30. The number of para-hydroxylation sites is 1. The Bertz CT molecular complexity index is 749. The van der Waals surface area contributed by atoms with Crippen LogP contribution in [0.5, 0.6) is 5.88 Å². The van der Waals surface area contributed by atoms with Gasteiger partial charge in [-0.15, -0.1) is 0 Å². The van der Waals surface area contributed by atoms with Gasteiger partial charge in [0, 0.05) is 17.3 Å². The van der Waals surface area contributed by atoms with Gasteiger partial charge in [0.1, 0.15) is 0 Å². The number of fused-ring (bicyclic) bond motifs is 3. The molecule has 0 amide bonds. The molecule has 98 valence electrons. The van der Waals surface area contributed by atoms with E-state index < -0.39 is 0 Å². The van der Waals surface area contributed by atoms with E-state index in [4.69, 9.17) is 4.74 Å². The van der Waals surface area contributed by atoms with Crippen LogP contribution in [-0.4, -0.2) is 27.0 Å². The highest BCUT2D eigenvalue weighted by Crippen LogP contribution is 2.32. The summed E-state index contributed by atoms with van der Waals surface area (Å²) in [4.78, 5) is 4.47. The van der Waals surface area contributed by atoms with Gasteiger partial charge in [-0.1, -0.05) is 18.2 Å². The highest BCUT2D eigenvalue weighted by Gasteiger charge is 2.17. The molecule has 1 aromatic carbocycles. The molecule has 0 spiro atoms. The molecule has 0 bridgehead atoms. The molecule has 2 heterocycles. The number of aromatic nitrogens is 3. The fourth-order valence-electron chi connectivity index (χ4n) is 2.44. The summed E-state index contributed by atoms with van der Waals surface area (Å²) in [5, 5.41) is 16.0. The van der Waals surface area contributed by atoms with Crippen LogP contribution in [-0.2, 0) is 13.2 Å². The monoisotopic (exact) mass is 257 g/mol. The summed E-state index contributed by atoms with van der Waals surface area (Å²) in [6.07, 6.45) is 0. The van der Waals surface area contributed by atoms with Crippen molar-refractivity contribution in [3.05, 3.63) is 30.0 Å². The van der Waals surface area contributed by atoms with Crippen LogP contribution in [0.3, 0.4) is 0 Å². The van der Waals surface area contributed by atoms with E-state index in [1.165, 1.54) is 0 Å². The third-order valence-corrected chi connectivity index (χ3v) is 3.30. The van der Waals surface area contributed by atoms with Gasteiger partial charge < -0.3 is 9.84 Å². The van der Waals surface area contributed by atoms with Gasteiger partial charge in [-0.25, -0.2) is 4.98 Å². The molecule has 0 aliphatic heterocycles. The molecule has 0 aliphatic carbocycles. The van der Waals surface area contributed by atoms with Gasteiger partial charge in [0.05, 0.1) is 24.9 Å². The number of hydrogen-bond donors (Lipinski definition) is 1. The summed E-state index contributed by atoms with van der Waals surface area (Å²) in [5.41, 5.74) is 2.35. The van der Waals surface area contributed by atoms with E-state index >= 15 is 0 Å². The fraction of sp³-hybridized carbons (Fsp3) is 0.286. The molecule has 0 fully saturated rings. The second-order valence-electron chi connectivity index (χ2n) is 4.28. The topological polar surface area (TPSA) is 60.2 Å². The minimum absolute atomic E-state index is 0.0541. The number of ether oxygens (including phenoxy) is 1. The molecular formula is C14H15N3O2. The van der Waals surface area contributed by atoms with E-state index in [1.54, 1.807) is 11.8 Å². The number of nitrogens with zero attached hydrogens (tertiary/aromatic N) is 3. The number of benzene rings is 1. The summed E-state index contributed by atoms with van der Waals surface area (Å²) >= 11 is 0. The minimum Gasteiger partial charge on any atom is -0.479 e. The summed E-state index contributed by atoms with van der Waals surface area (Å²) in [6.45, 7) is 2.64. The number of aliphatic hydroxyl groups is 1. The third kappa shape index (κ3) is 1.66. The Morgan fingerprint density at radius 2 is 2.11 bits per heavy atom.